The molecule has 1 aliphatic heterocycles. The van der Waals surface area contributed by atoms with Crippen LogP contribution in [0.3, 0.4) is 0 Å². The summed E-state index contributed by atoms with van der Waals surface area (Å²) in [6, 6.07) is 16.0. The normalized spacial score (nSPS) is 12.1. The van der Waals surface area contributed by atoms with Crippen LogP contribution in [0.15, 0.2) is 75.8 Å². The first-order chi connectivity index (χ1) is 19.3. The van der Waals surface area contributed by atoms with Crippen LogP contribution in [-0.2, 0) is 26.8 Å². The average Bonchev–Trinajstić information content (AvgIpc) is 3.58. The minimum Gasteiger partial charge on any atom is -0.507 e. The second-order valence-electron chi connectivity index (χ2n) is 8.76. The van der Waals surface area contributed by atoms with Crippen molar-refractivity contribution < 1.29 is 25.2 Å². The van der Waals surface area contributed by atoms with Crippen molar-refractivity contribution in [3.8, 4) is 11.5 Å². The molecule has 6 N–H and O–H groups in total. The number of carbonyl (C=O) groups excluding carboxylic acids is 1. The number of aliphatic imine (C=N–C) groups is 3. The number of fused-ring (bicyclic) bond motifs is 1. The molecule has 11 nitrogen and oxygen atoms in total. The fourth-order valence-electron chi connectivity index (χ4n) is 3.94. The fourth-order valence-corrected chi connectivity index (χ4v) is 3.94. The molecule has 204 valence electrons. The number of nitrogens with two attached hydrogens (primary N) is 1. The number of phenols is 2. The van der Waals surface area contributed by atoms with Gasteiger partial charge in [-0.25, -0.2) is 0 Å². The highest BCUT2D eigenvalue weighted by atomic mass is 16.3. The number of carbonyl (C=O) groups is 1. The lowest BCUT2D eigenvalue weighted by molar-refractivity contribution is 0.0992. The third-order valence-electron chi connectivity index (χ3n) is 6.11. The molecule has 11 heteroatoms. The summed E-state index contributed by atoms with van der Waals surface area (Å²) in [6.45, 7) is 0.272. The lowest BCUT2D eigenvalue weighted by Gasteiger charge is -2.04. The lowest BCUT2D eigenvalue weighted by Crippen LogP contribution is -2.15. The molecule has 0 unspecified atom stereocenters. The van der Waals surface area contributed by atoms with Crippen molar-refractivity contribution in [3.63, 3.8) is 0 Å². The average molecular weight is 541 g/mol. The van der Waals surface area contributed by atoms with Gasteiger partial charge in [-0.2, -0.15) is 5.10 Å². The third-order valence-corrected chi connectivity index (χ3v) is 6.11. The van der Waals surface area contributed by atoms with E-state index in [4.69, 9.17) is 15.9 Å². The molecule has 1 amide bonds. The van der Waals surface area contributed by atoms with E-state index in [2.05, 4.69) is 20.1 Å². The van der Waals surface area contributed by atoms with Gasteiger partial charge in [0, 0.05) is 47.9 Å². The van der Waals surface area contributed by atoms with E-state index in [0.717, 1.165) is 17.8 Å². The summed E-state index contributed by atoms with van der Waals surface area (Å²) in [5, 5.41) is 41.9. The van der Waals surface area contributed by atoms with Gasteiger partial charge in [0.2, 0.25) is 0 Å². The van der Waals surface area contributed by atoms with E-state index in [-0.39, 0.29) is 30.4 Å². The molecule has 40 heavy (non-hydrogen) atoms. The summed E-state index contributed by atoms with van der Waals surface area (Å²) in [5.74, 6) is -0.616. The number of para-hydroxylation sites is 2. The number of primary amides is 1. The Morgan fingerprint density at radius 2 is 1.60 bits per heavy atom. The molecular weight excluding hydrogens is 512 g/mol. The predicted molar refractivity (Wildman–Crippen MR) is 152 cm³/mol. The molecular formula is C29H28N6O5. The van der Waals surface area contributed by atoms with Crippen molar-refractivity contribution in [2.75, 3.05) is 0 Å². The van der Waals surface area contributed by atoms with Crippen LogP contribution in [0.2, 0.25) is 0 Å². The number of nitrogens with zero attached hydrogens (tertiary/aromatic N) is 5. The first-order valence-electron chi connectivity index (χ1n) is 12.2. The first-order valence-corrected chi connectivity index (χ1v) is 12.2. The number of aromatic hydroxyl groups is 2. The lowest BCUT2D eigenvalue weighted by atomic mass is 10.1. The summed E-state index contributed by atoms with van der Waals surface area (Å²) in [4.78, 5) is 24.0. The van der Waals surface area contributed by atoms with Gasteiger partial charge in [-0.05, 0) is 35.4 Å². The molecule has 2 heterocycles. The van der Waals surface area contributed by atoms with E-state index in [0.29, 0.717) is 27.9 Å². The Balaban J connectivity index is 0.000000185. The number of benzene rings is 3. The maximum atomic E-state index is 11.3. The van der Waals surface area contributed by atoms with E-state index >= 15 is 0 Å². The van der Waals surface area contributed by atoms with Gasteiger partial charge in [0.05, 0.1) is 31.6 Å². The molecule has 0 spiro atoms. The molecule has 0 bridgehead atoms. The number of aliphatic hydroxyl groups excluding tert-OH is 2. The van der Waals surface area contributed by atoms with Gasteiger partial charge in [0.15, 0.2) is 5.69 Å². The van der Waals surface area contributed by atoms with Crippen LogP contribution in [-0.4, -0.2) is 54.8 Å². The topological polar surface area (TPSA) is 179 Å². The molecule has 1 aliphatic rings. The smallest absolute Gasteiger partial charge is 0.269 e. The number of hydrogen-bond donors (Lipinski definition) is 5. The van der Waals surface area contributed by atoms with Crippen molar-refractivity contribution in [2.45, 2.75) is 19.8 Å². The van der Waals surface area contributed by atoms with Gasteiger partial charge in [0.1, 0.15) is 17.2 Å². The maximum absolute atomic E-state index is 11.3. The van der Waals surface area contributed by atoms with E-state index < -0.39 is 5.91 Å². The van der Waals surface area contributed by atoms with Crippen LogP contribution < -0.4 is 5.73 Å². The zero-order valence-electron chi connectivity index (χ0n) is 21.6. The molecule has 5 rings (SSSR count). The van der Waals surface area contributed by atoms with E-state index in [9.17, 15) is 15.0 Å². The van der Waals surface area contributed by atoms with Crippen molar-refractivity contribution in [1.82, 2.24) is 9.78 Å². The zero-order valence-corrected chi connectivity index (χ0v) is 21.6. The Hall–Kier alpha value is -5.13. The van der Waals surface area contributed by atoms with Crippen LogP contribution >= 0.6 is 0 Å². The van der Waals surface area contributed by atoms with Gasteiger partial charge < -0.3 is 26.2 Å². The largest absolute Gasteiger partial charge is 0.507 e. The maximum Gasteiger partial charge on any atom is 0.269 e. The van der Waals surface area contributed by atoms with Gasteiger partial charge in [0.25, 0.3) is 5.91 Å². The molecule has 3 aromatic carbocycles. The highest BCUT2D eigenvalue weighted by Gasteiger charge is 2.13. The molecule has 0 atom stereocenters. The predicted octanol–water partition coefficient (Wildman–Crippen LogP) is 3.04. The van der Waals surface area contributed by atoms with Crippen LogP contribution in [0.25, 0.3) is 0 Å². The highest BCUT2D eigenvalue weighted by molar-refractivity contribution is 5.97. The monoisotopic (exact) mass is 540 g/mol. The molecule has 0 radical (unpaired) electrons. The van der Waals surface area contributed by atoms with Crippen LogP contribution in [0.1, 0.15) is 43.9 Å². The van der Waals surface area contributed by atoms with Gasteiger partial charge in [-0.3, -0.25) is 24.5 Å². The highest BCUT2D eigenvalue weighted by Crippen LogP contribution is 2.25. The zero-order chi connectivity index (χ0) is 28.6. The SMILES string of the molecule is Cn1ncc(N=Cc2cccc(CO)c2O)c1C(N)=O.OCc1cccc(C=Nc2ccc3c(c2)C=NC3)c1O. The molecule has 4 aromatic rings. The number of aliphatic hydroxyl groups is 2. The fraction of sp³-hybridized carbons (Fsp3) is 0.138. The number of aryl methyl sites for hydroxylation is 1. The van der Waals surface area contributed by atoms with Crippen LogP contribution in [0.4, 0.5) is 11.4 Å². The summed E-state index contributed by atoms with van der Waals surface area (Å²) in [5.41, 5.74) is 10.8. The molecule has 0 saturated carbocycles. The standard InChI is InChI=1S/C16H14N2O2.C13H14N4O3/c19-10-13-3-1-2-12(16(13)20)9-18-15-5-4-11-7-17-8-14(11)6-15;1-17-11(13(14)20)10(6-16-17)15-5-8-3-2-4-9(7-18)12(8)19/h1-6,8-9,19-20H,7,10H2;2-6,18-19H,7H2,1H3,(H2,14,20). The number of rotatable bonds is 7. The van der Waals surface area contributed by atoms with E-state index in [1.165, 1.54) is 22.7 Å². The Morgan fingerprint density at radius 1 is 0.975 bits per heavy atom. The summed E-state index contributed by atoms with van der Waals surface area (Å²) < 4.78 is 1.33. The van der Waals surface area contributed by atoms with Crippen molar-refractivity contribution in [1.29, 1.82) is 0 Å². The number of hydrogen-bond acceptors (Lipinski definition) is 9. The molecule has 0 aliphatic carbocycles. The molecule has 0 saturated heterocycles. The Morgan fingerprint density at radius 3 is 2.20 bits per heavy atom. The van der Waals surface area contributed by atoms with Crippen molar-refractivity contribution in [2.24, 2.45) is 27.8 Å². The minimum atomic E-state index is -0.634. The number of aromatic nitrogens is 2. The summed E-state index contributed by atoms with van der Waals surface area (Å²) in [7, 11) is 1.59. The summed E-state index contributed by atoms with van der Waals surface area (Å²) >= 11 is 0. The van der Waals surface area contributed by atoms with Crippen LogP contribution in [0.5, 0.6) is 11.5 Å². The number of amides is 1. The van der Waals surface area contributed by atoms with Gasteiger partial charge >= 0.3 is 0 Å². The van der Waals surface area contributed by atoms with E-state index in [1.54, 1.807) is 49.7 Å². The van der Waals surface area contributed by atoms with E-state index in [1.807, 2.05) is 24.4 Å². The Labute approximate surface area is 229 Å². The van der Waals surface area contributed by atoms with Crippen molar-refractivity contribution >= 4 is 35.9 Å². The molecule has 0 fully saturated rings. The van der Waals surface area contributed by atoms with Crippen LogP contribution in [0, 0.1) is 0 Å². The van der Waals surface area contributed by atoms with Crippen molar-refractivity contribution in [3.05, 3.63) is 99.9 Å². The second-order valence-corrected chi connectivity index (χ2v) is 8.76. The second kappa shape index (κ2) is 12.6. The third kappa shape index (κ3) is 6.29. The molecule has 1 aromatic heterocycles. The Kier molecular flexibility index (Phi) is 8.79. The van der Waals surface area contributed by atoms with Gasteiger partial charge in [-0.1, -0.05) is 30.3 Å². The summed E-state index contributed by atoms with van der Waals surface area (Å²) in [6.07, 6.45) is 6.24. The Bertz CT molecular complexity index is 1620. The first kappa shape index (κ1) is 27.9. The quantitative estimate of drug-likeness (QED) is 0.225. The minimum absolute atomic E-state index is 0.0525. The van der Waals surface area contributed by atoms with Gasteiger partial charge in [-0.15, -0.1) is 0 Å².